The summed E-state index contributed by atoms with van der Waals surface area (Å²) in [6.07, 6.45) is 3.98. The molecule has 1 aromatic carbocycles. The van der Waals surface area contributed by atoms with Gasteiger partial charge in [-0.05, 0) is 61.9 Å². The molecule has 0 saturated carbocycles. The van der Waals surface area contributed by atoms with Crippen molar-refractivity contribution in [2.45, 2.75) is 38.6 Å². The predicted octanol–water partition coefficient (Wildman–Crippen LogP) is 3.93. The molecule has 4 heteroatoms. The van der Waals surface area contributed by atoms with Crippen LogP contribution in [0.5, 0.6) is 0 Å². The first-order valence-electron chi connectivity index (χ1n) is 7.45. The summed E-state index contributed by atoms with van der Waals surface area (Å²) in [4.78, 5) is 0. The van der Waals surface area contributed by atoms with Crippen molar-refractivity contribution >= 4 is 15.9 Å². The molecule has 1 N–H and O–H groups in total. The second-order valence-electron chi connectivity index (χ2n) is 5.45. The summed E-state index contributed by atoms with van der Waals surface area (Å²) in [6, 6.07) is 5.53. The van der Waals surface area contributed by atoms with Gasteiger partial charge in [0, 0.05) is 23.7 Å². The third-order valence-corrected chi connectivity index (χ3v) is 4.43. The Morgan fingerprint density at radius 3 is 2.85 bits per heavy atom. The maximum Gasteiger partial charge on any atom is 0.126 e. The Hall–Kier alpha value is -0.450. The first-order chi connectivity index (χ1) is 9.70. The van der Waals surface area contributed by atoms with Crippen LogP contribution in [0, 0.1) is 11.7 Å². The zero-order valence-corrected chi connectivity index (χ0v) is 13.6. The fourth-order valence-corrected chi connectivity index (χ4v) is 3.20. The summed E-state index contributed by atoms with van der Waals surface area (Å²) in [5.74, 6) is 0.470. The van der Waals surface area contributed by atoms with E-state index in [4.69, 9.17) is 4.74 Å². The lowest BCUT2D eigenvalue weighted by atomic mass is 9.87. The van der Waals surface area contributed by atoms with Gasteiger partial charge >= 0.3 is 0 Å². The van der Waals surface area contributed by atoms with Gasteiger partial charge < -0.3 is 10.1 Å². The second-order valence-corrected chi connectivity index (χ2v) is 6.37. The van der Waals surface area contributed by atoms with Crippen molar-refractivity contribution in [2.75, 3.05) is 19.8 Å². The van der Waals surface area contributed by atoms with Crippen LogP contribution >= 0.6 is 15.9 Å². The molecule has 2 rings (SSSR count). The van der Waals surface area contributed by atoms with E-state index in [9.17, 15) is 4.39 Å². The molecule has 0 spiro atoms. The lowest BCUT2D eigenvalue weighted by Crippen LogP contribution is -2.41. The fraction of sp³-hybridized carbons (Fsp3) is 0.625. The van der Waals surface area contributed by atoms with Crippen LogP contribution < -0.4 is 5.32 Å². The van der Waals surface area contributed by atoms with Gasteiger partial charge in [-0.2, -0.15) is 0 Å². The van der Waals surface area contributed by atoms with Crippen molar-refractivity contribution in [1.82, 2.24) is 5.32 Å². The van der Waals surface area contributed by atoms with Gasteiger partial charge in [0.25, 0.3) is 0 Å². The van der Waals surface area contributed by atoms with Crippen molar-refractivity contribution in [3.8, 4) is 0 Å². The van der Waals surface area contributed by atoms with Gasteiger partial charge in [0.15, 0.2) is 0 Å². The van der Waals surface area contributed by atoms with Gasteiger partial charge in [0.2, 0.25) is 0 Å². The first-order valence-corrected chi connectivity index (χ1v) is 8.25. The minimum absolute atomic E-state index is 0.108. The van der Waals surface area contributed by atoms with E-state index in [2.05, 4.69) is 28.2 Å². The number of ether oxygens (including phenoxy) is 1. The lowest BCUT2D eigenvalue weighted by molar-refractivity contribution is 0.0537. The zero-order chi connectivity index (χ0) is 14.4. The highest BCUT2D eigenvalue weighted by Crippen LogP contribution is 2.24. The highest BCUT2D eigenvalue weighted by atomic mass is 79.9. The Morgan fingerprint density at radius 2 is 2.15 bits per heavy atom. The van der Waals surface area contributed by atoms with Crippen LogP contribution in [0.3, 0.4) is 0 Å². The van der Waals surface area contributed by atoms with Gasteiger partial charge in [-0.1, -0.05) is 22.9 Å². The number of hydrogen-bond donors (Lipinski definition) is 1. The molecule has 2 nitrogen and oxygen atoms in total. The standard InChI is InChI=1S/C16H23BrFNO/c1-2-7-19-16(12-5-8-20-9-6-12)11-13-10-14(17)3-4-15(13)18/h3-4,10,12,16,19H,2,5-9,11H2,1H3. The summed E-state index contributed by atoms with van der Waals surface area (Å²) in [6.45, 7) is 4.80. The van der Waals surface area contributed by atoms with Gasteiger partial charge in [0.05, 0.1) is 0 Å². The van der Waals surface area contributed by atoms with E-state index in [1.54, 1.807) is 12.1 Å². The van der Waals surface area contributed by atoms with Crippen molar-refractivity contribution in [3.63, 3.8) is 0 Å². The summed E-state index contributed by atoms with van der Waals surface area (Å²) >= 11 is 3.43. The summed E-state index contributed by atoms with van der Waals surface area (Å²) in [5.41, 5.74) is 0.791. The Labute approximate surface area is 129 Å². The van der Waals surface area contributed by atoms with Crippen molar-refractivity contribution in [2.24, 2.45) is 5.92 Å². The Balaban J connectivity index is 2.07. The molecule has 1 unspecified atom stereocenters. The minimum atomic E-state index is -0.108. The van der Waals surface area contributed by atoms with Crippen molar-refractivity contribution in [1.29, 1.82) is 0 Å². The zero-order valence-electron chi connectivity index (χ0n) is 12.0. The van der Waals surface area contributed by atoms with E-state index >= 15 is 0 Å². The minimum Gasteiger partial charge on any atom is -0.381 e. The largest absolute Gasteiger partial charge is 0.381 e. The average molecular weight is 344 g/mol. The molecule has 1 saturated heterocycles. The van der Waals surface area contributed by atoms with E-state index in [0.29, 0.717) is 12.0 Å². The molecule has 0 aliphatic carbocycles. The van der Waals surface area contributed by atoms with Crippen LogP contribution in [0.2, 0.25) is 0 Å². The number of benzene rings is 1. The van der Waals surface area contributed by atoms with Crippen molar-refractivity contribution in [3.05, 3.63) is 34.1 Å². The molecule has 20 heavy (non-hydrogen) atoms. The van der Waals surface area contributed by atoms with E-state index in [0.717, 1.165) is 55.5 Å². The van der Waals surface area contributed by atoms with Gasteiger partial charge in [-0.25, -0.2) is 4.39 Å². The summed E-state index contributed by atoms with van der Waals surface area (Å²) in [7, 11) is 0. The third kappa shape index (κ3) is 4.54. The van der Waals surface area contributed by atoms with Crippen LogP contribution in [-0.2, 0) is 11.2 Å². The quantitative estimate of drug-likeness (QED) is 0.844. The summed E-state index contributed by atoms with van der Waals surface area (Å²) in [5, 5.41) is 3.60. The molecule has 1 fully saturated rings. The number of halogens is 2. The predicted molar refractivity (Wildman–Crippen MR) is 83.4 cm³/mol. The molecule has 1 heterocycles. The SMILES string of the molecule is CCCNC(Cc1cc(Br)ccc1F)C1CCOCC1. The first kappa shape index (κ1) is 15.9. The normalized spacial score (nSPS) is 18.1. The average Bonchev–Trinajstić information content (AvgIpc) is 2.48. The van der Waals surface area contributed by atoms with Crippen LogP contribution in [0.4, 0.5) is 4.39 Å². The Kier molecular flexibility index (Phi) is 6.46. The Bertz CT molecular complexity index is 421. The maximum absolute atomic E-state index is 13.9. The Morgan fingerprint density at radius 1 is 1.40 bits per heavy atom. The molecule has 1 aliphatic rings. The van der Waals surface area contributed by atoms with E-state index in [-0.39, 0.29) is 5.82 Å². The molecule has 0 bridgehead atoms. The molecule has 0 aromatic heterocycles. The van der Waals surface area contributed by atoms with Crippen LogP contribution in [0.25, 0.3) is 0 Å². The van der Waals surface area contributed by atoms with Gasteiger partial charge in [-0.3, -0.25) is 0 Å². The number of rotatable bonds is 6. The highest BCUT2D eigenvalue weighted by Gasteiger charge is 2.24. The fourth-order valence-electron chi connectivity index (χ4n) is 2.79. The lowest BCUT2D eigenvalue weighted by Gasteiger charge is -2.31. The molecular weight excluding hydrogens is 321 g/mol. The van der Waals surface area contributed by atoms with E-state index < -0.39 is 0 Å². The molecule has 0 amide bonds. The van der Waals surface area contributed by atoms with E-state index in [1.807, 2.05) is 6.07 Å². The monoisotopic (exact) mass is 343 g/mol. The third-order valence-electron chi connectivity index (χ3n) is 3.94. The maximum atomic E-state index is 13.9. The topological polar surface area (TPSA) is 21.3 Å². The molecule has 1 aliphatic heterocycles. The highest BCUT2D eigenvalue weighted by molar-refractivity contribution is 9.10. The molecular formula is C16H23BrFNO. The molecule has 0 radical (unpaired) electrons. The molecule has 1 aromatic rings. The van der Waals surface area contributed by atoms with Crippen LogP contribution in [-0.4, -0.2) is 25.8 Å². The van der Waals surface area contributed by atoms with Crippen LogP contribution in [0.15, 0.2) is 22.7 Å². The molecule has 112 valence electrons. The van der Waals surface area contributed by atoms with Crippen LogP contribution in [0.1, 0.15) is 31.7 Å². The molecule has 1 atom stereocenters. The van der Waals surface area contributed by atoms with Gasteiger partial charge in [0.1, 0.15) is 5.82 Å². The smallest absolute Gasteiger partial charge is 0.126 e. The second kappa shape index (κ2) is 8.11. The number of nitrogens with one attached hydrogen (secondary N) is 1. The summed E-state index contributed by atoms with van der Waals surface area (Å²) < 4.78 is 20.3. The van der Waals surface area contributed by atoms with Crippen molar-refractivity contribution < 1.29 is 9.13 Å². The number of hydrogen-bond acceptors (Lipinski definition) is 2. The van der Waals surface area contributed by atoms with E-state index in [1.165, 1.54) is 0 Å². The van der Waals surface area contributed by atoms with Gasteiger partial charge in [-0.15, -0.1) is 0 Å².